The van der Waals surface area contributed by atoms with Crippen molar-refractivity contribution >= 4 is 11.8 Å². The maximum atomic E-state index is 11.5. The van der Waals surface area contributed by atoms with Crippen LogP contribution < -0.4 is 10.8 Å². The van der Waals surface area contributed by atoms with Crippen molar-refractivity contribution in [2.75, 3.05) is 0 Å². The number of hydroxylamine groups is 1. The van der Waals surface area contributed by atoms with Crippen LogP contribution in [0.2, 0.25) is 0 Å². The smallest absolute Gasteiger partial charge is 0.265 e. The van der Waals surface area contributed by atoms with Crippen molar-refractivity contribution in [2.24, 2.45) is 0 Å². The average molecular weight is 209 g/mol. The van der Waals surface area contributed by atoms with E-state index in [0.717, 1.165) is 0 Å². The number of hydrogen-bond acceptors (Lipinski definition) is 4. The van der Waals surface area contributed by atoms with Gasteiger partial charge in [-0.2, -0.15) is 0 Å². The largest absolute Gasteiger partial charge is 0.340 e. The monoisotopic (exact) mass is 209 g/mol. The van der Waals surface area contributed by atoms with Crippen molar-refractivity contribution in [1.82, 2.24) is 15.8 Å². The fraction of sp³-hybridized carbons (Fsp3) is 0.222. The van der Waals surface area contributed by atoms with Crippen LogP contribution in [0, 0.1) is 0 Å². The lowest BCUT2D eigenvalue weighted by Crippen LogP contribution is -2.43. The molecule has 0 aliphatic rings. The summed E-state index contributed by atoms with van der Waals surface area (Å²) in [6, 6.07) is 2.39. The molecule has 1 unspecified atom stereocenters. The molecule has 0 aromatic carbocycles. The van der Waals surface area contributed by atoms with Gasteiger partial charge in [0.1, 0.15) is 6.04 Å². The van der Waals surface area contributed by atoms with Crippen molar-refractivity contribution in [3.63, 3.8) is 0 Å². The first-order valence-electron chi connectivity index (χ1n) is 4.30. The zero-order valence-electron chi connectivity index (χ0n) is 8.10. The molecule has 1 heterocycles. The van der Waals surface area contributed by atoms with E-state index >= 15 is 0 Å². The van der Waals surface area contributed by atoms with Crippen molar-refractivity contribution < 1.29 is 14.8 Å². The van der Waals surface area contributed by atoms with E-state index < -0.39 is 17.9 Å². The third-order valence-electron chi connectivity index (χ3n) is 1.77. The summed E-state index contributed by atoms with van der Waals surface area (Å²) < 4.78 is 0. The van der Waals surface area contributed by atoms with Crippen LogP contribution in [0.15, 0.2) is 24.5 Å². The van der Waals surface area contributed by atoms with E-state index in [1.165, 1.54) is 18.6 Å². The van der Waals surface area contributed by atoms with Crippen LogP contribution in [-0.2, 0) is 4.79 Å². The van der Waals surface area contributed by atoms with Crippen molar-refractivity contribution in [3.05, 3.63) is 30.1 Å². The summed E-state index contributed by atoms with van der Waals surface area (Å²) in [5.74, 6) is -1.09. The summed E-state index contributed by atoms with van der Waals surface area (Å²) in [5.41, 5.74) is 1.81. The summed E-state index contributed by atoms with van der Waals surface area (Å²) in [5, 5.41) is 10.7. The number of hydrogen-bond donors (Lipinski definition) is 3. The van der Waals surface area contributed by atoms with Gasteiger partial charge in [-0.15, -0.1) is 0 Å². The van der Waals surface area contributed by atoms with Crippen LogP contribution in [0.1, 0.15) is 17.3 Å². The Balaban J connectivity index is 2.61. The van der Waals surface area contributed by atoms with Gasteiger partial charge in [-0.25, -0.2) is 5.48 Å². The second-order valence-corrected chi connectivity index (χ2v) is 2.91. The maximum Gasteiger partial charge on any atom is 0.265 e. The number of nitrogens with one attached hydrogen (secondary N) is 2. The lowest BCUT2D eigenvalue weighted by atomic mass is 10.2. The third kappa shape index (κ3) is 3.03. The first-order chi connectivity index (χ1) is 7.15. The van der Waals surface area contributed by atoms with Crippen molar-refractivity contribution in [1.29, 1.82) is 0 Å². The molecule has 15 heavy (non-hydrogen) atoms. The molecule has 0 fully saturated rings. The molecule has 6 heteroatoms. The number of aromatic nitrogens is 1. The van der Waals surface area contributed by atoms with Gasteiger partial charge in [-0.05, 0) is 19.1 Å². The zero-order chi connectivity index (χ0) is 11.3. The van der Waals surface area contributed by atoms with Gasteiger partial charge in [-0.1, -0.05) is 0 Å². The highest BCUT2D eigenvalue weighted by Crippen LogP contribution is 1.96. The van der Waals surface area contributed by atoms with Gasteiger partial charge in [0.05, 0.1) is 5.56 Å². The van der Waals surface area contributed by atoms with Gasteiger partial charge in [0, 0.05) is 12.4 Å². The second kappa shape index (κ2) is 5.06. The molecule has 3 N–H and O–H groups in total. The number of amides is 2. The quantitative estimate of drug-likeness (QED) is 0.471. The maximum absolute atomic E-state index is 11.5. The third-order valence-corrected chi connectivity index (χ3v) is 1.77. The Hall–Kier alpha value is -1.95. The van der Waals surface area contributed by atoms with Crippen LogP contribution in [0.4, 0.5) is 0 Å². The lowest BCUT2D eigenvalue weighted by Gasteiger charge is -2.10. The summed E-state index contributed by atoms with van der Waals surface area (Å²) in [7, 11) is 0. The predicted molar refractivity (Wildman–Crippen MR) is 51.1 cm³/mol. The summed E-state index contributed by atoms with van der Waals surface area (Å²) in [6.07, 6.45) is 2.93. The molecule has 1 aromatic heterocycles. The molecule has 0 bridgehead atoms. The SMILES string of the molecule is CC(NC(=O)c1cccnc1)C(=O)NO. The fourth-order valence-electron chi connectivity index (χ4n) is 0.939. The molecule has 0 saturated heterocycles. The number of pyridine rings is 1. The first-order valence-corrected chi connectivity index (χ1v) is 4.30. The molecule has 80 valence electrons. The molecule has 2 amide bonds. The summed E-state index contributed by atoms with van der Waals surface area (Å²) in [4.78, 5) is 26.1. The molecule has 1 atom stereocenters. The van der Waals surface area contributed by atoms with E-state index in [-0.39, 0.29) is 0 Å². The van der Waals surface area contributed by atoms with Crippen molar-refractivity contribution in [3.8, 4) is 0 Å². The standard InChI is InChI=1S/C9H11N3O3/c1-6(8(13)12-15)11-9(14)7-3-2-4-10-5-7/h2-6,15H,1H3,(H,11,14)(H,12,13). The number of nitrogens with zero attached hydrogens (tertiary/aromatic N) is 1. The highest BCUT2D eigenvalue weighted by atomic mass is 16.5. The van der Waals surface area contributed by atoms with Gasteiger partial charge < -0.3 is 5.32 Å². The van der Waals surface area contributed by atoms with E-state index in [4.69, 9.17) is 5.21 Å². The number of carbonyl (C=O) groups is 2. The Morgan fingerprint density at radius 2 is 2.27 bits per heavy atom. The fourth-order valence-corrected chi connectivity index (χ4v) is 0.939. The van der Waals surface area contributed by atoms with E-state index in [0.29, 0.717) is 5.56 Å². The van der Waals surface area contributed by atoms with Crippen LogP contribution in [0.25, 0.3) is 0 Å². The highest BCUT2D eigenvalue weighted by Gasteiger charge is 2.15. The zero-order valence-corrected chi connectivity index (χ0v) is 8.10. The highest BCUT2D eigenvalue weighted by molar-refractivity contribution is 5.96. The van der Waals surface area contributed by atoms with E-state index in [1.54, 1.807) is 18.3 Å². The Labute approximate surface area is 86.3 Å². The topological polar surface area (TPSA) is 91.3 Å². The van der Waals surface area contributed by atoms with E-state index in [9.17, 15) is 9.59 Å². The lowest BCUT2D eigenvalue weighted by molar-refractivity contribution is -0.130. The van der Waals surface area contributed by atoms with Crippen LogP contribution in [0.3, 0.4) is 0 Å². The van der Waals surface area contributed by atoms with Gasteiger partial charge >= 0.3 is 0 Å². The molecule has 0 spiro atoms. The summed E-state index contributed by atoms with van der Waals surface area (Å²) >= 11 is 0. The van der Waals surface area contributed by atoms with E-state index in [2.05, 4.69) is 10.3 Å². The molecule has 0 aliphatic carbocycles. The van der Waals surface area contributed by atoms with Crippen molar-refractivity contribution in [2.45, 2.75) is 13.0 Å². The molecular weight excluding hydrogens is 198 g/mol. The van der Waals surface area contributed by atoms with Gasteiger partial charge in [0.2, 0.25) is 0 Å². The average Bonchev–Trinajstić information content (AvgIpc) is 2.29. The Bertz CT molecular complexity index is 353. The minimum atomic E-state index is -0.803. The Kier molecular flexibility index (Phi) is 3.75. The minimum absolute atomic E-state index is 0.357. The molecule has 0 radical (unpaired) electrons. The minimum Gasteiger partial charge on any atom is -0.340 e. The molecule has 6 nitrogen and oxygen atoms in total. The summed E-state index contributed by atoms with van der Waals surface area (Å²) in [6.45, 7) is 1.46. The van der Waals surface area contributed by atoms with Gasteiger partial charge in [-0.3, -0.25) is 19.8 Å². The number of carbonyl (C=O) groups excluding carboxylic acids is 2. The molecular formula is C9H11N3O3. The Morgan fingerprint density at radius 1 is 1.53 bits per heavy atom. The second-order valence-electron chi connectivity index (χ2n) is 2.91. The normalized spacial score (nSPS) is 11.6. The van der Waals surface area contributed by atoms with Crippen LogP contribution in [-0.4, -0.2) is 28.0 Å². The molecule has 0 saturated carbocycles. The first kappa shape index (κ1) is 11.1. The van der Waals surface area contributed by atoms with Crippen LogP contribution in [0.5, 0.6) is 0 Å². The van der Waals surface area contributed by atoms with Gasteiger partial charge in [0.15, 0.2) is 0 Å². The van der Waals surface area contributed by atoms with E-state index in [1.807, 2.05) is 0 Å². The molecule has 0 aliphatic heterocycles. The molecule has 1 rings (SSSR count). The number of rotatable bonds is 3. The molecule has 1 aromatic rings. The van der Waals surface area contributed by atoms with Crippen LogP contribution >= 0.6 is 0 Å². The Morgan fingerprint density at radius 3 is 2.80 bits per heavy atom. The predicted octanol–water partition coefficient (Wildman–Crippen LogP) is -0.295. The van der Waals surface area contributed by atoms with Gasteiger partial charge in [0.25, 0.3) is 11.8 Å².